The van der Waals surface area contributed by atoms with Crippen LogP contribution in [0.1, 0.15) is 44.2 Å². The summed E-state index contributed by atoms with van der Waals surface area (Å²) in [5.74, 6) is 1.76. The molecule has 2 aromatic rings. The zero-order valence-corrected chi connectivity index (χ0v) is 16.2. The SMILES string of the molecule is CCOc1ccc(C(NC(=O)Cc2cccs2)C(C)C)cc1OCC. The summed E-state index contributed by atoms with van der Waals surface area (Å²) >= 11 is 1.60. The number of carbonyl (C=O) groups is 1. The molecule has 0 radical (unpaired) electrons. The van der Waals surface area contributed by atoms with Gasteiger partial charge in [0.05, 0.1) is 25.7 Å². The van der Waals surface area contributed by atoms with Gasteiger partial charge in [0, 0.05) is 4.88 Å². The smallest absolute Gasteiger partial charge is 0.225 e. The molecule has 0 fully saturated rings. The van der Waals surface area contributed by atoms with Crippen molar-refractivity contribution in [1.29, 1.82) is 0 Å². The molecule has 0 saturated heterocycles. The van der Waals surface area contributed by atoms with E-state index >= 15 is 0 Å². The van der Waals surface area contributed by atoms with Crippen molar-refractivity contribution < 1.29 is 14.3 Å². The average molecular weight is 362 g/mol. The highest BCUT2D eigenvalue weighted by Crippen LogP contribution is 2.33. The number of hydrogen-bond acceptors (Lipinski definition) is 4. The van der Waals surface area contributed by atoms with E-state index in [1.165, 1.54) is 0 Å². The van der Waals surface area contributed by atoms with Crippen molar-refractivity contribution in [3.63, 3.8) is 0 Å². The van der Waals surface area contributed by atoms with E-state index in [0.29, 0.717) is 19.6 Å². The van der Waals surface area contributed by atoms with Crippen LogP contribution in [0.25, 0.3) is 0 Å². The Hall–Kier alpha value is -2.01. The third-order valence-electron chi connectivity index (χ3n) is 3.82. The topological polar surface area (TPSA) is 47.6 Å². The highest BCUT2D eigenvalue weighted by atomic mass is 32.1. The summed E-state index contributed by atoms with van der Waals surface area (Å²) < 4.78 is 11.3. The largest absolute Gasteiger partial charge is 0.490 e. The van der Waals surface area contributed by atoms with Crippen molar-refractivity contribution in [3.05, 3.63) is 46.2 Å². The molecule has 1 atom stereocenters. The van der Waals surface area contributed by atoms with Crippen molar-refractivity contribution in [3.8, 4) is 11.5 Å². The van der Waals surface area contributed by atoms with Gasteiger partial charge in [-0.2, -0.15) is 0 Å². The predicted molar refractivity (Wildman–Crippen MR) is 103 cm³/mol. The summed E-state index contributed by atoms with van der Waals surface area (Å²) in [5, 5.41) is 5.15. The van der Waals surface area contributed by atoms with E-state index in [1.807, 2.05) is 49.6 Å². The number of hydrogen-bond donors (Lipinski definition) is 1. The first-order chi connectivity index (χ1) is 12.0. The lowest BCUT2D eigenvalue weighted by atomic mass is 9.95. The molecule has 0 aliphatic rings. The number of amides is 1. The molecule has 136 valence electrons. The summed E-state index contributed by atoms with van der Waals surface area (Å²) in [6.07, 6.45) is 0.413. The highest BCUT2D eigenvalue weighted by Gasteiger charge is 2.20. The number of carbonyl (C=O) groups excluding carboxylic acids is 1. The lowest BCUT2D eigenvalue weighted by Crippen LogP contribution is -2.32. The van der Waals surface area contributed by atoms with Crippen LogP contribution in [0.5, 0.6) is 11.5 Å². The van der Waals surface area contributed by atoms with Crippen molar-refractivity contribution >= 4 is 17.2 Å². The van der Waals surface area contributed by atoms with Gasteiger partial charge in [0.15, 0.2) is 11.5 Å². The van der Waals surface area contributed by atoms with Crippen LogP contribution in [0.15, 0.2) is 35.7 Å². The molecule has 2 rings (SSSR count). The molecule has 0 bridgehead atoms. The zero-order chi connectivity index (χ0) is 18.2. The van der Waals surface area contributed by atoms with E-state index < -0.39 is 0 Å². The first kappa shape index (κ1) is 19.3. The Morgan fingerprint density at radius 3 is 2.44 bits per heavy atom. The molecule has 1 heterocycles. The van der Waals surface area contributed by atoms with Crippen molar-refractivity contribution in [2.24, 2.45) is 5.92 Å². The second-order valence-corrected chi connectivity index (χ2v) is 7.15. The van der Waals surface area contributed by atoms with Gasteiger partial charge in [0.2, 0.25) is 5.91 Å². The minimum Gasteiger partial charge on any atom is -0.490 e. The first-order valence-electron chi connectivity index (χ1n) is 8.76. The lowest BCUT2D eigenvalue weighted by molar-refractivity contribution is -0.121. The molecule has 1 amide bonds. The monoisotopic (exact) mass is 361 g/mol. The van der Waals surface area contributed by atoms with Gasteiger partial charge in [-0.15, -0.1) is 11.3 Å². The zero-order valence-electron chi connectivity index (χ0n) is 15.4. The maximum absolute atomic E-state index is 12.4. The van der Waals surface area contributed by atoms with Gasteiger partial charge in [0.1, 0.15) is 0 Å². The van der Waals surface area contributed by atoms with E-state index in [2.05, 4.69) is 19.2 Å². The second-order valence-electron chi connectivity index (χ2n) is 6.12. The Kier molecular flexibility index (Phi) is 7.31. The Bertz CT molecular complexity index is 668. The second kappa shape index (κ2) is 9.47. The number of ether oxygens (including phenoxy) is 2. The maximum Gasteiger partial charge on any atom is 0.225 e. The van der Waals surface area contributed by atoms with Crippen LogP contribution in [-0.4, -0.2) is 19.1 Å². The maximum atomic E-state index is 12.4. The molecule has 1 N–H and O–H groups in total. The Morgan fingerprint density at radius 1 is 1.12 bits per heavy atom. The number of nitrogens with one attached hydrogen (secondary N) is 1. The lowest BCUT2D eigenvalue weighted by Gasteiger charge is -2.24. The third kappa shape index (κ3) is 5.49. The Labute approximate surface area is 154 Å². The van der Waals surface area contributed by atoms with Crippen LogP contribution in [0.2, 0.25) is 0 Å². The van der Waals surface area contributed by atoms with E-state index in [4.69, 9.17) is 9.47 Å². The fraction of sp³-hybridized carbons (Fsp3) is 0.450. The summed E-state index contributed by atoms with van der Waals surface area (Å²) in [5.41, 5.74) is 1.03. The Morgan fingerprint density at radius 2 is 1.84 bits per heavy atom. The van der Waals surface area contributed by atoms with Crippen molar-refractivity contribution in [2.45, 2.75) is 40.2 Å². The van der Waals surface area contributed by atoms with Crippen LogP contribution in [0, 0.1) is 5.92 Å². The third-order valence-corrected chi connectivity index (χ3v) is 4.70. The van der Waals surface area contributed by atoms with Crippen LogP contribution < -0.4 is 14.8 Å². The normalized spacial score (nSPS) is 12.0. The molecular weight excluding hydrogens is 334 g/mol. The molecule has 4 nitrogen and oxygen atoms in total. The van der Waals surface area contributed by atoms with Crippen LogP contribution in [0.4, 0.5) is 0 Å². The standard InChI is InChI=1S/C20H27NO3S/c1-5-23-17-10-9-15(12-18(17)24-6-2)20(14(3)4)21-19(22)13-16-8-7-11-25-16/h7-12,14,20H,5-6,13H2,1-4H3,(H,21,22). The Balaban J connectivity index is 2.18. The van der Waals surface area contributed by atoms with E-state index in [0.717, 1.165) is 21.9 Å². The molecule has 1 unspecified atom stereocenters. The predicted octanol–water partition coefficient (Wildman–Crippen LogP) is 4.60. The summed E-state index contributed by atoms with van der Waals surface area (Å²) in [6.45, 7) is 9.27. The van der Waals surface area contributed by atoms with Crippen LogP contribution in [-0.2, 0) is 11.2 Å². The summed E-state index contributed by atoms with van der Waals surface area (Å²) in [4.78, 5) is 13.5. The molecule has 5 heteroatoms. The molecule has 1 aromatic heterocycles. The van der Waals surface area contributed by atoms with E-state index in [1.54, 1.807) is 11.3 Å². The van der Waals surface area contributed by atoms with Gasteiger partial charge >= 0.3 is 0 Å². The van der Waals surface area contributed by atoms with Gasteiger partial charge in [-0.05, 0) is 48.9 Å². The van der Waals surface area contributed by atoms with Crippen molar-refractivity contribution in [1.82, 2.24) is 5.32 Å². The van der Waals surface area contributed by atoms with Crippen molar-refractivity contribution in [2.75, 3.05) is 13.2 Å². The number of thiophene rings is 1. The molecular formula is C20H27NO3S. The summed E-state index contributed by atoms with van der Waals surface area (Å²) in [6, 6.07) is 9.79. The van der Waals surface area contributed by atoms with Crippen LogP contribution in [0.3, 0.4) is 0 Å². The van der Waals surface area contributed by atoms with E-state index in [-0.39, 0.29) is 17.9 Å². The number of rotatable bonds is 9. The minimum atomic E-state index is -0.0673. The van der Waals surface area contributed by atoms with Gasteiger partial charge in [0.25, 0.3) is 0 Å². The van der Waals surface area contributed by atoms with Gasteiger partial charge in [-0.25, -0.2) is 0 Å². The molecule has 0 aliphatic carbocycles. The number of benzene rings is 1. The molecule has 0 spiro atoms. The van der Waals surface area contributed by atoms with E-state index in [9.17, 15) is 4.79 Å². The quantitative estimate of drug-likeness (QED) is 0.710. The molecule has 0 aliphatic heterocycles. The molecule has 1 aromatic carbocycles. The summed E-state index contributed by atoms with van der Waals surface area (Å²) in [7, 11) is 0. The fourth-order valence-corrected chi connectivity index (χ4v) is 3.40. The van der Waals surface area contributed by atoms with Gasteiger partial charge in [-0.1, -0.05) is 26.0 Å². The first-order valence-corrected chi connectivity index (χ1v) is 9.64. The fourth-order valence-electron chi connectivity index (χ4n) is 2.69. The van der Waals surface area contributed by atoms with Gasteiger partial charge < -0.3 is 14.8 Å². The molecule has 25 heavy (non-hydrogen) atoms. The van der Waals surface area contributed by atoms with Crippen LogP contribution >= 0.6 is 11.3 Å². The minimum absolute atomic E-state index is 0.0352. The average Bonchev–Trinajstić information content (AvgIpc) is 3.07. The highest BCUT2D eigenvalue weighted by molar-refractivity contribution is 7.10. The molecule has 0 saturated carbocycles. The van der Waals surface area contributed by atoms with Gasteiger partial charge in [-0.3, -0.25) is 4.79 Å².